The lowest BCUT2D eigenvalue weighted by Gasteiger charge is -2.09. The van der Waals surface area contributed by atoms with Crippen LogP contribution in [0.15, 0.2) is 35.7 Å². The van der Waals surface area contributed by atoms with Gasteiger partial charge in [-0.05, 0) is 12.5 Å². The molecule has 1 atom stereocenters. The number of furan rings is 1. The maximum absolute atomic E-state index is 11.3. The number of aliphatic hydroxyl groups excluding tert-OH is 1. The average Bonchev–Trinajstić information content (AvgIpc) is 2.89. The highest BCUT2D eigenvalue weighted by atomic mass is 16.3. The van der Waals surface area contributed by atoms with Crippen LogP contribution in [0, 0.1) is 0 Å². The second-order valence-electron chi connectivity index (χ2n) is 3.62. The molecule has 0 aromatic carbocycles. The Morgan fingerprint density at radius 2 is 2.17 bits per heavy atom. The molecule has 18 heavy (non-hydrogen) atoms. The van der Waals surface area contributed by atoms with Crippen LogP contribution in [-0.2, 0) is 9.59 Å². The van der Waals surface area contributed by atoms with E-state index in [-0.39, 0.29) is 13.1 Å². The van der Waals surface area contributed by atoms with E-state index in [4.69, 9.17) is 4.42 Å². The quantitative estimate of drug-likeness (QED) is 0.495. The van der Waals surface area contributed by atoms with E-state index in [1.54, 1.807) is 6.07 Å². The fraction of sp³-hybridized carbons (Fsp3) is 0.333. The van der Waals surface area contributed by atoms with Gasteiger partial charge in [0.05, 0.1) is 18.6 Å². The van der Waals surface area contributed by atoms with Crippen molar-refractivity contribution < 1.29 is 19.1 Å². The fourth-order valence-corrected chi connectivity index (χ4v) is 1.28. The summed E-state index contributed by atoms with van der Waals surface area (Å²) < 4.78 is 4.82. The first-order valence-electron chi connectivity index (χ1n) is 5.52. The molecule has 3 N–H and O–H groups in total. The molecule has 0 bridgehead atoms. The van der Waals surface area contributed by atoms with Crippen molar-refractivity contribution in [3.8, 4) is 0 Å². The predicted molar refractivity (Wildman–Crippen MR) is 64.5 cm³/mol. The maximum Gasteiger partial charge on any atom is 0.309 e. The van der Waals surface area contributed by atoms with Gasteiger partial charge >= 0.3 is 11.8 Å². The molecule has 0 spiro atoms. The molecule has 0 aliphatic heterocycles. The van der Waals surface area contributed by atoms with Crippen molar-refractivity contribution in [2.45, 2.75) is 12.5 Å². The van der Waals surface area contributed by atoms with E-state index in [0.717, 1.165) is 0 Å². The van der Waals surface area contributed by atoms with Crippen molar-refractivity contribution in [2.24, 2.45) is 0 Å². The second-order valence-corrected chi connectivity index (χ2v) is 3.62. The third-order valence-electron chi connectivity index (χ3n) is 2.24. The monoisotopic (exact) mass is 252 g/mol. The number of aliphatic hydroxyl groups is 1. The molecule has 0 radical (unpaired) electrons. The SMILES string of the molecule is C=CCNC(=O)C(=O)NCCC(O)c1ccoc1. The summed E-state index contributed by atoms with van der Waals surface area (Å²) in [6.07, 6.45) is 3.96. The van der Waals surface area contributed by atoms with Crippen molar-refractivity contribution >= 4 is 11.8 Å². The molecule has 1 aromatic heterocycles. The van der Waals surface area contributed by atoms with Crippen LogP contribution in [0.3, 0.4) is 0 Å². The smallest absolute Gasteiger partial charge is 0.309 e. The Hall–Kier alpha value is -2.08. The minimum atomic E-state index is -0.726. The minimum Gasteiger partial charge on any atom is -0.472 e. The van der Waals surface area contributed by atoms with E-state index in [2.05, 4.69) is 17.2 Å². The van der Waals surface area contributed by atoms with Crippen LogP contribution in [0.1, 0.15) is 18.1 Å². The van der Waals surface area contributed by atoms with Gasteiger partial charge in [-0.2, -0.15) is 0 Å². The van der Waals surface area contributed by atoms with Gasteiger partial charge in [0.2, 0.25) is 0 Å². The highest BCUT2D eigenvalue weighted by Crippen LogP contribution is 2.15. The van der Waals surface area contributed by atoms with Crippen molar-refractivity contribution in [1.29, 1.82) is 0 Å². The average molecular weight is 252 g/mol. The standard InChI is InChI=1S/C12H16N2O4/c1-2-5-13-11(16)12(17)14-6-3-10(15)9-4-7-18-8-9/h2,4,7-8,10,15H,1,3,5-6H2,(H,13,16)(H,14,17). The minimum absolute atomic E-state index is 0.201. The molecule has 1 aromatic rings. The van der Waals surface area contributed by atoms with E-state index in [1.807, 2.05) is 0 Å². The summed E-state index contributed by atoms with van der Waals surface area (Å²) in [6, 6.07) is 1.64. The highest BCUT2D eigenvalue weighted by molar-refractivity contribution is 6.35. The molecule has 98 valence electrons. The Morgan fingerprint density at radius 1 is 1.44 bits per heavy atom. The zero-order valence-corrected chi connectivity index (χ0v) is 9.89. The predicted octanol–water partition coefficient (Wildman–Crippen LogP) is 0.121. The molecule has 1 rings (SSSR count). The zero-order chi connectivity index (χ0) is 13.4. The Morgan fingerprint density at radius 3 is 2.78 bits per heavy atom. The Labute approximate surface area is 105 Å². The van der Waals surface area contributed by atoms with Gasteiger partial charge < -0.3 is 20.2 Å². The highest BCUT2D eigenvalue weighted by Gasteiger charge is 2.13. The number of carbonyl (C=O) groups is 2. The molecule has 1 unspecified atom stereocenters. The van der Waals surface area contributed by atoms with Crippen LogP contribution in [0.4, 0.5) is 0 Å². The lowest BCUT2D eigenvalue weighted by molar-refractivity contribution is -0.139. The van der Waals surface area contributed by atoms with Gasteiger partial charge in [0, 0.05) is 18.7 Å². The molecular weight excluding hydrogens is 236 g/mol. The summed E-state index contributed by atoms with van der Waals surface area (Å²) in [7, 11) is 0. The number of carbonyl (C=O) groups excluding carboxylic acids is 2. The second kappa shape index (κ2) is 7.29. The number of hydrogen-bond donors (Lipinski definition) is 3. The molecule has 0 aliphatic carbocycles. The lowest BCUT2D eigenvalue weighted by Crippen LogP contribution is -2.40. The Bertz CT molecular complexity index is 400. The van der Waals surface area contributed by atoms with Crippen molar-refractivity contribution in [3.05, 3.63) is 36.8 Å². The molecule has 0 aliphatic rings. The summed E-state index contributed by atoms with van der Waals surface area (Å²) in [5.41, 5.74) is 0.639. The van der Waals surface area contributed by atoms with Crippen LogP contribution in [-0.4, -0.2) is 30.0 Å². The van der Waals surface area contributed by atoms with E-state index in [9.17, 15) is 14.7 Å². The summed E-state index contributed by atoms with van der Waals surface area (Å²) in [4.78, 5) is 22.4. The van der Waals surface area contributed by atoms with Crippen LogP contribution in [0.5, 0.6) is 0 Å². The van der Waals surface area contributed by atoms with Crippen LogP contribution < -0.4 is 10.6 Å². The van der Waals surface area contributed by atoms with Crippen molar-refractivity contribution in [3.63, 3.8) is 0 Å². The van der Waals surface area contributed by atoms with E-state index < -0.39 is 17.9 Å². The molecule has 1 heterocycles. The van der Waals surface area contributed by atoms with E-state index in [1.165, 1.54) is 18.6 Å². The van der Waals surface area contributed by atoms with Crippen molar-refractivity contribution in [2.75, 3.05) is 13.1 Å². The molecule has 6 nitrogen and oxygen atoms in total. The van der Waals surface area contributed by atoms with Gasteiger partial charge in [0.15, 0.2) is 0 Å². The first-order chi connectivity index (χ1) is 8.65. The van der Waals surface area contributed by atoms with Gasteiger partial charge in [-0.3, -0.25) is 9.59 Å². The molecule has 6 heteroatoms. The molecule has 0 saturated carbocycles. The first-order valence-corrected chi connectivity index (χ1v) is 5.52. The molecule has 0 saturated heterocycles. The van der Waals surface area contributed by atoms with Gasteiger partial charge in [-0.1, -0.05) is 6.08 Å². The number of amides is 2. The third kappa shape index (κ3) is 4.42. The maximum atomic E-state index is 11.3. The van der Waals surface area contributed by atoms with Crippen LogP contribution >= 0.6 is 0 Å². The molecule has 2 amide bonds. The zero-order valence-electron chi connectivity index (χ0n) is 9.89. The summed E-state index contributed by atoms with van der Waals surface area (Å²) >= 11 is 0. The van der Waals surface area contributed by atoms with Gasteiger partial charge in [0.1, 0.15) is 0 Å². The van der Waals surface area contributed by atoms with Crippen molar-refractivity contribution in [1.82, 2.24) is 10.6 Å². The summed E-state index contributed by atoms with van der Waals surface area (Å²) in [5, 5.41) is 14.4. The largest absolute Gasteiger partial charge is 0.472 e. The third-order valence-corrected chi connectivity index (χ3v) is 2.24. The van der Waals surface area contributed by atoms with Gasteiger partial charge in [-0.25, -0.2) is 0 Å². The van der Waals surface area contributed by atoms with E-state index >= 15 is 0 Å². The fourth-order valence-electron chi connectivity index (χ4n) is 1.28. The lowest BCUT2D eigenvalue weighted by atomic mass is 10.1. The summed E-state index contributed by atoms with van der Waals surface area (Å²) in [5.74, 6) is -1.44. The first kappa shape index (κ1) is 14.0. The molecular formula is C12H16N2O4. The normalized spacial score (nSPS) is 11.6. The van der Waals surface area contributed by atoms with Crippen LogP contribution in [0.25, 0.3) is 0 Å². The number of nitrogens with one attached hydrogen (secondary N) is 2. The van der Waals surface area contributed by atoms with Crippen LogP contribution in [0.2, 0.25) is 0 Å². The summed E-state index contributed by atoms with van der Waals surface area (Å²) in [6.45, 7) is 3.86. The van der Waals surface area contributed by atoms with E-state index in [0.29, 0.717) is 12.0 Å². The number of rotatable bonds is 6. The Balaban J connectivity index is 2.23. The molecule has 0 fully saturated rings. The van der Waals surface area contributed by atoms with Gasteiger partial charge in [-0.15, -0.1) is 6.58 Å². The number of hydrogen-bond acceptors (Lipinski definition) is 4. The Kier molecular flexibility index (Phi) is 5.66. The van der Waals surface area contributed by atoms with Gasteiger partial charge in [0.25, 0.3) is 0 Å². The topological polar surface area (TPSA) is 91.6 Å².